The lowest BCUT2D eigenvalue weighted by Crippen LogP contribution is -2.46. The standard InChI is InChI=1S/C14H21N3O2/c1-9-8-11(10(2)16-15-9)14(19)17(3)12-6-4-5-7-13(12)18/h8,12-13,18H,4-7H2,1-3H3. The van der Waals surface area contributed by atoms with Gasteiger partial charge in [0.15, 0.2) is 0 Å². The molecule has 1 amide bonds. The summed E-state index contributed by atoms with van der Waals surface area (Å²) in [6, 6.07) is 1.67. The lowest BCUT2D eigenvalue weighted by Gasteiger charge is -2.35. The van der Waals surface area contributed by atoms with Crippen LogP contribution in [0.1, 0.15) is 47.4 Å². The first kappa shape index (κ1) is 13.9. The molecule has 0 aromatic carbocycles. The SMILES string of the molecule is Cc1cc(C(=O)N(C)C2CCCCC2O)c(C)nn1. The van der Waals surface area contributed by atoms with Crippen molar-refractivity contribution in [3.05, 3.63) is 23.0 Å². The number of aromatic nitrogens is 2. The van der Waals surface area contributed by atoms with E-state index in [0.717, 1.165) is 31.4 Å². The van der Waals surface area contributed by atoms with Crippen LogP contribution in [-0.2, 0) is 0 Å². The largest absolute Gasteiger partial charge is 0.391 e. The summed E-state index contributed by atoms with van der Waals surface area (Å²) < 4.78 is 0. The highest BCUT2D eigenvalue weighted by atomic mass is 16.3. The second kappa shape index (κ2) is 5.65. The van der Waals surface area contributed by atoms with Crippen molar-refractivity contribution >= 4 is 5.91 Å². The second-order valence-electron chi connectivity index (χ2n) is 5.32. The first-order chi connectivity index (χ1) is 9.00. The van der Waals surface area contributed by atoms with Gasteiger partial charge in [0.05, 0.1) is 29.1 Å². The van der Waals surface area contributed by atoms with Gasteiger partial charge in [0, 0.05) is 7.05 Å². The summed E-state index contributed by atoms with van der Waals surface area (Å²) in [4.78, 5) is 14.2. The van der Waals surface area contributed by atoms with Crippen molar-refractivity contribution in [2.75, 3.05) is 7.05 Å². The lowest BCUT2D eigenvalue weighted by atomic mass is 9.91. The van der Waals surface area contributed by atoms with Crippen LogP contribution in [-0.4, -0.2) is 45.3 Å². The fraction of sp³-hybridized carbons (Fsp3) is 0.643. The molecule has 1 aliphatic rings. The number of hydrogen-bond donors (Lipinski definition) is 1. The van der Waals surface area contributed by atoms with Crippen molar-refractivity contribution in [1.82, 2.24) is 15.1 Å². The number of likely N-dealkylation sites (N-methyl/N-ethyl adjacent to an activating group) is 1. The summed E-state index contributed by atoms with van der Waals surface area (Å²) in [6.45, 7) is 3.60. The molecule has 1 aromatic heterocycles. The average Bonchev–Trinajstić information content (AvgIpc) is 2.40. The zero-order valence-corrected chi connectivity index (χ0v) is 11.8. The van der Waals surface area contributed by atoms with Gasteiger partial charge in [0.25, 0.3) is 5.91 Å². The maximum atomic E-state index is 12.5. The molecule has 5 nitrogen and oxygen atoms in total. The summed E-state index contributed by atoms with van der Waals surface area (Å²) in [5.41, 5.74) is 1.94. The minimum atomic E-state index is -0.418. The molecule has 0 spiro atoms. The van der Waals surface area contributed by atoms with Crippen molar-refractivity contribution in [2.24, 2.45) is 0 Å². The molecule has 1 heterocycles. The maximum Gasteiger partial charge on any atom is 0.255 e. The third-order valence-electron chi connectivity index (χ3n) is 3.84. The van der Waals surface area contributed by atoms with Gasteiger partial charge in [-0.05, 0) is 32.8 Å². The molecular formula is C14H21N3O2. The van der Waals surface area contributed by atoms with Crippen molar-refractivity contribution in [1.29, 1.82) is 0 Å². The molecule has 1 fully saturated rings. The summed E-state index contributed by atoms with van der Waals surface area (Å²) >= 11 is 0. The molecule has 104 valence electrons. The summed E-state index contributed by atoms with van der Waals surface area (Å²) in [5.74, 6) is -0.0820. The van der Waals surface area contributed by atoms with Gasteiger partial charge in [-0.15, -0.1) is 0 Å². The molecule has 19 heavy (non-hydrogen) atoms. The first-order valence-electron chi connectivity index (χ1n) is 6.77. The Morgan fingerprint density at radius 3 is 2.68 bits per heavy atom. The van der Waals surface area contributed by atoms with Crippen LogP contribution in [0.15, 0.2) is 6.07 Å². The predicted octanol–water partition coefficient (Wildman–Crippen LogP) is 1.47. The number of aliphatic hydroxyl groups excluding tert-OH is 1. The molecule has 1 N–H and O–H groups in total. The summed E-state index contributed by atoms with van der Waals surface area (Å²) in [7, 11) is 1.76. The molecule has 1 aliphatic carbocycles. The Morgan fingerprint density at radius 1 is 1.32 bits per heavy atom. The predicted molar refractivity (Wildman–Crippen MR) is 71.9 cm³/mol. The Morgan fingerprint density at radius 2 is 2.00 bits per heavy atom. The average molecular weight is 263 g/mol. The Balaban J connectivity index is 2.20. The molecule has 2 unspecified atom stereocenters. The van der Waals surface area contributed by atoms with E-state index in [4.69, 9.17) is 0 Å². The van der Waals surface area contributed by atoms with Gasteiger partial charge in [0.2, 0.25) is 0 Å². The smallest absolute Gasteiger partial charge is 0.255 e. The topological polar surface area (TPSA) is 66.3 Å². The van der Waals surface area contributed by atoms with E-state index in [2.05, 4.69) is 10.2 Å². The minimum Gasteiger partial charge on any atom is -0.391 e. The van der Waals surface area contributed by atoms with E-state index in [1.807, 2.05) is 6.92 Å². The third kappa shape index (κ3) is 2.92. The fourth-order valence-corrected chi connectivity index (χ4v) is 2.65. The van der Waals surface area contributed by atoms with Gasteiger partial charge in [-0.1, -0.05) is 12.8 Å². The van der Waals surface area contributed by atoms with Gasteiger partial charge >= 0.3 is 0 Å². The van der Waals surface area contributed by atoms with Gasteiger partial charge in [0.1, 0.15) is 0 Å². The number of carbonyl (C=O) groups is 1. The van der Waals surface area contributed by atoms with Crippen LogP contribution in [0.25, 0.3) is 0 Å². The number of aryl methyl sites for hydroxylation is 2. The molecular weight excluding hydrogens is 242 g/mol. The number of nitrogens with zero attached hydrogens (tertiary/aromatic N) is 3. The van der Waals surface area contributed by atoms with Gasteiger partial charge in [-0.25, -0.2) is 0 Å². The Hall–Kier alpha value is -1.49. The van der Waals surface area contributed by atoms with Crippen molar-refractivity contribution in [2.45, 2.75) is 51.7 Å². The highest BCUT2D eigenvalue weighted by molar-refractivity contribution is 5.95. The van der Waals surface area contributed by atoms with E-state index in [1.165, 1.54) is 0 Å². The van der Waals surface area contributed by atoms with Crippen LogP contribution >= 0.6 is 0 Å². The lowest BCUT2D eigenvalue weighted by molar-refractivity contribution is 0.0267. The zero-order valence-electron chi connectivity index (χ0n) is 11.8. The number of amides is 1. The summed E-state index contributed by atoms with van der Waals surface area (Å²) in [5, 5.41) is 18.0. The highest BCUT2D eigenvalue weighted by Crippen LogP contribution is 2.24. The molecule has 0 saturated heterocycles. The third-order valence-corrected chi connectivity index (χ3v) is 3.84. The normalized spacial score (nSPS) is 23.2. The Kier molecular flexibility index (Phi) is 4.14. The van der Waals surface area contributed by atoms with Crippen LogP contribution in [0.3, 0.4) is 0 Å². The quantitative estimate of drug-likeness (QED) is 0.877. The van der Waals surface area contributed by atoms with Crippen molar-refractivity contribution in [3.8, 4) is 0 Å². The number of aliphatic hydroxyl groups is 1. The van der Waals surface area contributed by atoms with E-state index in [-0.39, 0.29) is 11.9 Å². The van der Waals surface area contributed by atoms with Crippen LogP contribution in [0.5, 0.6) is 0 Å². The maximum absolute atomic E-state index is 12.5. The molecule has 0 bridgehead atoms. The van der Waals surface area contributed by atoms with Crippen LogP contribution in [0, 0.1) is 13.8 Å². The fourth-order valence-electron chi connectivity index (χ4n) is 2.65. The first-order valence-corrected chi connectivity index (χ1v) is 6.77. The molecule has 1 saturated carbocycles. The molecule has 0 radical (unpaired) electrons. The molecule has 2 rings (SSSR count). The van der Waals surface area contributed by atoms with Gasteiger partial charge in [-0.2, -0.15) is 10.2 Å². The number of rotatable bonds is 2. The van der Waals surface area contributed by atoms with Crippen LogP contribution in [0.4, 0.5) is 0 Å². The second-order valence-corrected chi connectivity index (χ2v) is 5.32. The Labute approximate surface area is 113 Å². The molecule has 2 atom stereocenters. The van der Waals surface area contributed by atoms with E-state index < -0.39 is 6.10 Å². The van der Waals surface area contributed by atoms with Crippen molar-refractivity contribution < 1.29 is 9.90 Å². The number of carbonyl (C=O) groups excluding carboxylic acids is 1. The highest BCUT2D eigenvalue weighted by Gasteiger charge is 2.30. The minimum absolute atomic E-state index is 0.0820. The monoisotopic (exact) mass is 263 g/mol. The molecule has 1 aromatic rings. The van der Waals surface area contributed by atoms with Crippen molar-refractivity contribution in [3.63, 3.8) is 0 Å². The molecule has 5 heteroatoms. The van der Waals surface area contributed by atoms with E-state index in [1.54, 1.807) is 24.9 Å². The molecule has 0 aliphatic heterocycles. The van der Waals surface area contributed by atoms with Gasteiger partial charge < -0.3 is 10.0 Å². The Bertz CT molecular complexity index is 476. The van der Waals surface area contributed by atoms with Gasteiger partial charge in [-0.3, -0.25) is 4.79 Å². The van der Waals surface area contributed by atoms with E-state index >= 15 is 0 Å². The van der Waals surface area contributed by atoms with Crippen LogP contribution < -0.4 is 0 Å². The summed E-state index contributed by atoms with van der Waals surface area (Å²) in [6.07, 6.45) is 3.31. The van der Waals surface area contributed by atoms with Crippen LogP contribution in [0.2, 0.25) is 0 Å². The zero-order chi connectivity index (χ0) is 14.0. The van der Waals surface area contributed by atoms with E-state index in [9.17, 15) is 9.90 Å². The van der Waals surface area contributed by atoms with E-state index in [0.29, 0.717) is 11.3 Å². The number of hydrogen-bond acceptors (Lipinski definition) is 4.